The Morgan fingerprint density at radius 3 is 2.85 bits per heavy atom. The van der Waals surface area contributed by atoms with E-state index in [1.54, 1.807) is 6.33 Å². The molecule has 0 unspecified atom stereocenters. The summed E-state index contributed by atoms with van der Waals surface area (Å²) in [5.41, 5.74) is 3.37. The standard InChI is InChI=1S/C14H12ClN5/c15-9-4-6-10(7-5-9)17-13-11-2-1-3-12(11)18-14-19-16-8-20(13)14/h4-8,17H,1-3H2. The highest BCUT2D eigenvalue weighted by atomic mass is 35.5. The minimum Gasteiger partial charge on any atom is -0.341 e. The van der Waals surface area contributed by atoms with E-state index < -0.39 is 0 Å². The van der Waals surface area contributed by atoms with Gasteiger partial charge in [0.1, 0.15) is 12.1 Å². The number of fused-ring (bicyclic) bond motifs is 2. The van der Waals surface area contributed by atoms with Gasteiger partial charge < -0.3 is 5.32 Å². The molecule has 1 aliphatic rings. The van der Waals surface area contributed by atoms with Crippen molar-refractivity contribution in [2.24, 2.45) is 0 Å². The number of aryl methyl sites for hydroxylation is 1. The van der Waals surface area contributed by atoms with E-state index in [9.17, 15) is 0 Å². The highest BCUT2D eigenvalue weighted by Gasteiger charge is 2.20. The second-order valence-corrected chi connectivity index (χ2v) is 5.31. The first-order valence-corrected chi connectivity index (χ1v) is 6.93. The van der Waals surface area contributed by atoms with Gasteiger partial charge in [-0.15, -0.1) is 10.2 Å². The molecular weight excluding hydrogens is 274 g/mol. The van der Waals surface area contributed by atoms with Crippen LogP contribution >= 0.6 is 11.6 Å². The number of hydrogen-bond donors (Lipinski definition) is 1. The highest BCUT2D eigenvalue weighted by molar-refractivity contribution is 6.30. The lowest BCUT2D eigenvalue weighted by Gasteiger charge is -2.13. The molecule has 100 valence electrons. The third-order valence-electron chi connectivity index (χ3n) is 3.59. The number of rotatable bonds is 2. The van der Waals surface area contributed by atoms with Gasteiger partial charge in [0.05, 0.1) is 5.69 Å². The molecule has 0 radical (unpaired) electrons. The summed E-state index contributed by atoms with van der Waals surface area (Å²) in [6.45, 7) is 0. The minimum absolute atomic E-state index is 0.641. The van der Waals surface area contributed by atoms with Crippen LogP contribution in [0.25, 0.3) is 5.78 Å². The first-order chi connectivity index (χ1) is 9.81. The van der Waals surface area contributed by atoms with Crippen LogP contribution in [0.5, 0.6) is 0 Å². The second-order valence-electron chi connectivity index (χ2n) is 4.87. The van der Waals surface area contributed by atoms with E-state index in [1.807, 2.05) is 28.7 Å². The summed E-state index contributed by atoms with van der Waals surface area (Å²) in [4.78, 5) is 4.56. The molecule has 0 saturated carbocycles. The lowest BCUT2D eigenvalue weighted by Crippen LogP contribution is -2.05. The first kappa shape index (κ1) is 11.7. The molecule has 0 amide bonds. The van der Waals surface area contributed by atoms with Crippen LogP contribution < -0.4 is 5.32 Å². The quantitative estimate of drug-likeness (QED) is 0.786. The fourth-order valence-corrected chi connectivity index (χ4v) is 2.77. The van der Waals surface area contributed by atoms with Gasteiger partial charge in [0.15, 0.2) is 0 Å². The molecule has 20 heavy (non-hydrogen) atoms. The summed E-state index contributed by atoms with van der Waals surface area (Å²) in [6.07, 6.45) is 4.87. The lowest BCUT2D eigenvalue weighted by molar-refractivity contribution is 0.900. The second kappa shape index (κ2) is 4.45. The van der Waals surface area contributed by atoms with Crippen LogP contribution in [0, 0.1) is 0 Å². The molecule has 4 rings (SSSR count). The van der Waals surface area contributed by atoms with Crippen molar-refractivity contribution >= 4 is 28.9 Å². The van der Waals surface area contributed by atoms with Crippen molar-refractivity contribution in [2.45, 2.75) is 19.3 Å². The maximum atomic E-state index is 5.92. The smallest absolute Gasteiger partial charge is 0.256 e. The van der Waals surface area contributed by atoms with Crippen molar-refractivity contribution in [3.8, 4) is 0 Å². The van der Waals surface area contributed by atoms with Crippen LogP contribution in [0.15, 0.2) is 30.6 Å². The van der Waals surface area contributed by atoms with Crippen molar-refractivity contribution in [3.63, 3.8) is 0 Å². The van der Waals surface area contributed by atoms with E-state index in [-0.39, 0.29) is 0 Å². The van der Waals surface area contributed by atoms with E-state index in [0.29, 0.717) is 5.78 Å². The Balaban J connectivity index is 1.85. The van der Waals surface area contributed by atoms with Crippen LogP contribution in [0.2, 0.25) is 5.02 Å². The molecule has 2 aromatic heterocycles. The van der Waals surface area contributed by atoms with Gasteiger partial charge >= 0.3 is 0 Å². The van der Waals surface area contributed by atoms with Crippen molar-refractivity contribution in [1.82, 2.24) is 19.6 Å². The van der Waals surface area contributed by atoms with Gasteiger partial charge in [-0.2, -0.15) is 0 Å². The van der Waals surface area contributed by atoms with Gasteiger partial charge in [-0.25, -0.2) is 4.98 Å². The zero-order valence-electron chi connectivity index (χ0n) is 10.7. The molecule has 2 heterocycles. The third-order valence-corrected chi connectivity index (χ3v) is 3.84. The van der Waals surface area contributed by atoms with Crippen LogP contribution in [-0.4, -0.2) is 19.6 Å². The summed E-state index contributed by atoms with van der Waals surface area (Å²) >= 11 is 5.92. The fourth-order valence-electron chi connectivity index (χ4n) is 2.64. The number of nitrogens with zero attached hydrogens (tertiary/aromatic N) is 4. The zero-order chi connectivity index (χ0) is 13.5. The Morgan fingerprint density at radius 2 is 2.00 bits per heavy atom. The van der Waals surface area contributed by atoms with Crippen molar-refractivity contribution in [2.75, 3.05) is 5.32 Å². The number of hydrogen-bond acceptors (Lipinski definition) is 4. The summed E-state index contributed by atoms with van der Waals surface area (Å²) in [7, 11) is 0. The minimum atomic E-state index is 0.641. The average molecular weight is 286 g/mol. The predicted octanol–water partition coefficient (Wildman–Crippen LogP) is 3.01. The third kappa shape index (κ3) is 1.82. The van der Waals surface area contributed by atoms with Crippen LogP contribution in [0.1, 0.15) is 17.7 Å². The lowest BCUT2D eigenvalue weighted by atomic mass is 10.2. The normalized spacial score (nSPS) is 13.7. The van der Waals surface area contributed by atoms with Gasteiger partial charge in [-0.05, 0) is 43.5 Å². The first-order valence-electron chi connectivity index (χ1n) is 6.55. The van der Waals surface area contributed by atoms with Crippen LogP contribution in [0.3, 0.4) is 0 Å². The topological polar surface area (TPSA) is 55.1 Å². The Morgan fingerprint density at radius 1 is 1.15 bits per heavy atom. The van der Waals surface area contributed by atoms with Gasteiger partial charge in [-0.3, -0.25) is 4.40 Å². The molecule has 0 spiro atoms. The van der Waals surface area contributed by atoms with E-state index >= 15 is 0 Å². The summed E-state index contributed by atoms with van der Waals surface area (Å²) in [5.74, 6) is 1.65. The molecule has 0 fully saturated rings. The van der Waals surface area contributed by atoms with Crippen molar-refractivity contribution in [1.29, 1.82) is 0 Å². The number of nitrogens with one attached hydrogen (secondary N) is 1. The highest BCUT2D eigenvalue weighted by Crippen LogP contribution is 2.30. The number of halogens is 1. The molecule has 0 atom stereocenters. The molecule has 0 bridgehead atoms. The summed E-state index contributed by atoms with van der Waals surface area (Å²) in [6, 6.07) is 7.66. The van der Waals surface area contributed by atoms with Crippen LogP contribution in [-0.2, 0) is 12.8 Å². The number of anilines is 2. The molecular formula is C14H12ClN5. The molecule has 0 saturated heterocycles. The zero-order valence-corrected chi connectivity index (χ0v) is 11.4. The molecule has 5 nitrogen and oxygen atoms in total. The van der Waals surface area contributed by atoms with E-state index in [0.717, 1.165) is 41.5 Å². The SMILES string of the molecule is Clc1ccc(Nc2c3c(nc4nncn24)CCC3)cc1. The average Bonchev–Trinajstić information content (AvgIpc) is 3.09. The van der Waals surface area contributed by atoms with E-state index in [2.05, 4.69) is 20.5 Å². The Labute approximate surface area is 120 Å². The monoisotopic (exact) mass is 285 g/mol. The molecule has 0 aliphatic heterocycles. The van der Waals surface area contributed by atoms with E-state index in [4.69, 9.17) is 11.6 Å². The molecule has 1 aromatic carbocycles. The molecule has 1 N–H and O–H groups in total. The van der Waals surface area contributed by atoms with Gasteiger partial charge in [0.25, 0.3) is 5.78 Å². The molecule has 3 aromatic rings. The Hall–Kier alpha value is -2.14. The number of aromatic nitrogens is 4. The Bertz CT molecular complexity index is 778. The Kier molecular flexibility index (Phi) is 2.60. The van der Waals surface area contributed by atoms with Crippen molar-refractivity contribution < 1.29 is 0 Å². The molecule has 1 aliphatic carbocycles. The molecule has 6 heteroatoms. The predicted molar refractivity (Wildman–Crippen MR) is 77.5 cm³/mol. The van der Waals surface area contributed by atoms with Gasteiger partial charge in [0, 0.05) is 16.3 Å². The maximum Gasteiger partial charge on any atom is 0.256 e. The summed E-state index contributed by atoms with van der Waals surface area (Å²) in [5, 5.41) is 12.2. The fraction of sp³-hybridized carbons (Fsp3) is 0.214. The van der Waals surface area contributed by atoms with Crippen LogP contribution in [0.4, 0.5) is 11.5 Å². The van der Waals surface area contributed by atoms with Gasteiger partial charge in [-0.1, -0.05) is 11.6 Å². The maximum absolute atomic E-state index is 5.92. The summed E-state index contributed by atoms with van der Waals surface area (Å²) < 4.78 is 1.90. The van der Waals surface area contributed by atoms with Crippen molar-refractivity contribution in [3.05, 3.63) is 46.9 Å². The largest absolute Gasteiger partial charge is 0.341 e. The van der Waals surface area contributed by atoms with E-state index in [1.165, 1.54) is 5.56 Å². The van der Waals surface area contributed by atoms with Gasteiger partial charge in [0.2, 0.25) is 0 Å². The number of benzene rings is 1.